The molecule has 0 unspecified atom stereocenters. The zero-order chi connectivity index (χ0) is 16.9. The molecular formula is C14H12F2N4S4. The van der Waals surface area contributed by atoms with Crippen LogP contribution in [0.4, 0.5) is 19.6 Å². The largest absolute Gasteiger partial charge is 0.330 e. The quantitative estimate of drug-likeness (QED) is 0.515. The summed E-state index contributed by atoms with van der Waals surface area (Å²) in [5, 5.41) is 15.1. The average molecular weight is 403 g/mol. The minimum absolute atomic E-state index is 0.529. The second-order valence-corrected chi connectivity index (χ2v) is 8.87. The zero-order valence-electron chi connectivity index (χ0n) is 12.4. The van der Waals surface area contributed by atoms with Crippen molar-refractivity contribution in [3.8, 4) is 0 Å². The Morgan fingerprint density at radius 3 is 2.67 bits per heavy atom. The summed E-state index contributed by atoms with van der Waals surface area (Å²) >= 11 is 5.20. The van der Waals surface area contributed by atoms with Crippen LogP contribution in [-0.2, 0) is 5.75 Å². The van der Waals surface area contributed by atoms with E-state index in [1.54, 1.807) is 47.4 Å². The van der Waals surface area contributed by atoms with Crippen LogP contribution in [0.3, 0.4) is 0 Å². The molecule has 2 aromatic heterocycles. The van der Waals surface area contributed by atoms with Crippen molar-refractivity contribution in [1.29, 1.82) is 0 Å². The molecule has 0 amide bonds. The highest BCUT2D eigenvalue weighted by molar-refractivity contribution is 8.00. The molecule has 0 atom stereocenters. The van der Waals surface area contributed by atoms with Crippen LogP contribution < -0.4 is 5.32 Å². The van der Waals surface area contributed by atoms with Crippen LogP contribution in [0.5, 0.6) is 0 Å². The fourth-order valence-corrected chi connectivity index (χ4v) is 4.65. The second kappa shape index (κ2) is 8.24. The summed E-state index contributed by atoms with van der Waals surface area (Å²) in [6.07, 6.45) is 0. The lowest BCUT2D eigenvalue weighted by molar-refractivity contribution is 0.252. The summed E-state index contributed by atoms with van der Waals surface area (Å²) in [6, 6.07) is 6.80. The molecule has 0 saturated heterocycles. The molecule has 10 heteroatoms. The highest BCUT2D eigenvalue weighted by Gasteiger charge is 2.08. The molecule has 2 heterocycles. The Bertz CT molecular complexity index is 788. The van der Waals surface area contributed by atoms with Crippen LogP contribution in [0.15, 0.2) is 38.9 Å². The fraction of sp³-hybridized carbons (Fsp3) is 0.214. The average Bonchev–Trinajstić information content (AvgIpc) is 3.16. The van der Waals surface area contributed by atoms with Crippen LogP contribution in [0.1, 0.15) is 10.7 Å². The van der Waals surface area contributed by atoms with Gasteiger partial charge in [0.25, 0.3) is 5.76 Å². The van der Waals surface area contributed by atoms with Crippen LogP contribution in [0.25, 0.3) is 0 Å². The van der Waals surface area contributed by atoms with Crippen molar-refractivity contribution < 1.29 is 8.78 Å². The first kappa shape index (κ1) is 17.6. The zero-order valence-corrected chi connectivity index (χ0v) is 15.7. The number of benzene rings is 1. The third-order valence-electron chi connectivity index (χ3n) is 2.75. The lowest BCUT2D eigenvalue weighted by atomic mass is 10.3. The van der Waals surface area contributed by atoms with Gasteiger partial charge in [0.15, 0.2) is 4.34 Å². The molecule has 1 aromatic carbocycles. The van der Waals surface area contributed by atoms with Crippen LogP contribution >= 0.6 is 46.2 Å². The number of hydrogen-bond acceptors (Lipinski definition) is 8. The molecule has 0 fully saturated rings. The molecule has 0 radical (unpaired) electrons. The molecule has 126 valence electrons. The van der Waals surface area contributed by atoms with Crippen molar-refractivity contribution in [3.05, 3.63) is 40.3 Å². The van der Waals surface area contributed by atoms with Gasteiger partial charge in [0.2, 0.25) is 5.13 Å². The SMILES string of the molecule is Cc1nc(CSc2nnc(Nc3ccc(SC(F)F)cc3)s2)cs1. The van der Waals surface area contributed by atoms with E-state index in [1.165, 1.54) is 11.3 Å². The number of nitrogens with one attached hydrogen (secondary N) is 1. The number of rotatable bonds is 7. The van der Waals surface area contributed by atoms with Gasteiger partial charge in [-0.3, -0.25) is 0 Å². The van der Waals surface area contributed by atoms with Gasteiger partial charge in [0, 0.05) is 21.7 Å². The van der Waals surface area contributed by atoms with Crippen LogP contribution in [0.2, 0.25) is 0 Å². The first-order valence-corrected chi connectivity index (χ1v) is 10.3. The number of aromatic nitrogens is 3. The number of alkyl halides is 2. The molecule has 1 N–H and O–H groups in total. The molecular weight excluding hydrogens is 390 g/mol. The van der Waals surface area contributed by atoms with Crippen molar-refractivity contribution in [2.24, 2.45) is 0 Å². The summed E-state index contributed by atoms with van der Waals surface area (Å²) in [5.41, 5.74) is 1.83. The lowest BCUT2D eigenvalue weighted by Crippen LogP contribution is -1.89. The monoisotopic (exact) mass is 402 g/mol. The molecule has 3 rings (SSSR count). The number of halogens is 2. The van der Waals surface area contributed by atoms with Gasteiger partial charge in [0.05, 0.1) is 10.7 Å². The first-order chi connectivity index (χ1) is 11.6. The molecule has 0 aliphatic carbocycles. The van der Waals surface area contributed by atoms with Gasteiger partial charge in [-0.1, -0.05) is 34.9 Å². The fourth-order valence-electron chi connectivity index (χ4n) is 1.77. The predicted octanol–water partition coefficient (Wildman–Crippen LogP) is 5.65. The number of thiazole rings is 1. The Balaban J connectivity index is 1.55. The maximum Gasteiger partial charge on any atom is 0.288 e. The van der Waals surface area contributed by atoms with Gasteiger partial charge < -0.3 is 5.32 Å². The number of thioether (sulfide) groups is 2. The van der Waals surface area contributed by atoms with Crippen molar-refractivity contribution in [2.75, 3.05) is 5.32 Å². The Morgan fingerprint density at radius 1 is 1.21 bits per heavy atom. The first-order valence-electron chi connectivity index (χ1n) is 6.78. The van der Waals surface area contributed by atoms with Crippen molar-refractivity contribution in [2.45, 2.75) is 27.7 Å². The highest BCUT2D eigenvalue weighted by Crippen LogP contribution is 2.31. The number of aryl methyl sites for hydroxylation is 1. The second-order valence-electron chi connectivity index (χ2n) is 4.55. The Labute approximate surface area is 154 Å². The maximum absolute atomic E-state index is 12.3. The van der Waals surface area contributed by atoms with E-state index in [9.17, 15) is 8.78 Å². The minimum Gasteiger partial charge on any atom is -0.330 e. The van der Waals surface area contributed by atoms with E-state index in [1.807, 2.05) is 12.3 Å². The summed E-state index contributed by atoms with van der Waals surface area (Å²) in [5.74, 6) is -1.65. The van der Waals surface area contributed by atoms with Crippen LogP contribution in [-0.4, -0.2) is 20.9 Å². The Hall–Kier alpha value is -1.23. The predicted molar refractivity (Wildman–Crippen MR) is 97.9 cm³/mol. The van der Waals surface area contributed by atoms with Gasteiger partial charge in [-0.25, -0.2) is 4.98 Å². The van der Waals surface area contributed by atoms with E-state index in [4.69, 9.17) is 0 Å². The molecule has 24 heavy (non-hydrogen) atoms. The summed E-state index contributed by atoms with van der Waals surface area (Å²) in [4.78, 5) is 4.94. The molecule has 0 aliphatic rings. The maximum atomic E-state index is 12.3. The molecule has 0 saturated carbocycles. The van der Waals surface area contributed by atoms with Gasteiger partial charge in [-0.15, -0.1) is 21.5 Å². The van der Waals surface area contributed by atoms with Crippen molar-refractivity contribution >= 4 is 57.0 Å². The third kappa shape index (κ3) is 5.13. The normalized spacial score (nSPS) is 11.2. The summed E-state index contributed by atoms with van der Waals surface area (Å²) in [6.45, 7) is 1.98. The molecule has 3 aromatic rings. The van der Waals surface area contributed by atoms with E-state index < -0.39 is 5.76 Å². The van der Waals surface area contributed by atoms with E-state index >= 15 is 0 Å². The van der Waals surface area contributed by atoms with Crippen LogP contribution in [0, 0.1) is 6.92 Å². The van der Waals surface area contributed by atoms with Crippen molar-refractivity contribution in [1.82, 2.24) is 15.2 Å². The summed E-state index contributed by atoms with van der Waals surface area (Å²) in [7, 11) is 0. The smallest absolute Gasteiger partial charge is 0.288 e. The minimum atomic E-state index is -2.41. The van der Waals surface area contributed by atoms with Crippen molar-refractivity contribution in [3.63, 3.8) is 0 Å². The third-order valence-corrected chi connectivity index (χ3v) is 6.30. The summed E-state index contributed by atoms with van der Waals surface area (Å²) < 4.78 is 25.4. The molecule has 0 spiro atoms. The highest BCUT2D eigenvalue weighted by atomic mass is 32.2. The van der Waals surface area contributed by atoms with E-state index in [2.05, 4.69) is 20.5 Å². The van der Waals surface area contributed by atoms with E-state index in [-0.39, 0.29) is 0 Å². The van der Waals surface area contributed by atoms with E-state index in [0.29, 0.717) is 21.8 Å². The molecule has 0 aliphatic heterocycles. The lowest BCUT2D eigenvalue weighted by Gasteiger charge is -2.03. The number of anilines is 2. The van der Waals surface area contributed by atoms with Gasteiger partial charge >= 0.3 is 0 Å². The van der Waals surface area contributed by atoms with Gasteiger partial charge in [-0.2, -0.15) is 8.78 Å². The Kier molecular flexibility index (Phi) is 6.04. The van der Waals surface area contributed by atoms with Gasteiger partial charge in [-0.05, 0) is 31.2 Å². The Morgan fingerprint density at radius 2 is 2.00 bits per heavy atom. The molecule has 0 bridgehead atoms. The topological polar surface area (TPSA) is 50.7 Å². The number of hydrogen-bond donors (Lipinski definition) is 1. The van der Waals surface area contributed by atoms with Gasteiger partial charge in [0.1, 0.15) is 0 Å². The van der Waals surface area contributed by atoms with E-state index in [0.717, 1.165) is 26.5 Å². The number of nitrogens with zero attached hydrogens (tertiary/aromatic N) is 3. The standard InChI is InChI=1S/C14H12F2N4S4/c1-8-17-10(6-21-8)7-22-14-20-19-13(24-14)18-9-2-4-11(5-3-9)23-12(15)16/h2-6,12H,7H2,1H3,(H,18,19). The molecule has 4 nitrogen and oxygen atoms in total.